The molecule has 0 amide bonds. The topological polar surface area (TPSA) is 77.5 Å². The first-order valence-corrected chi connectivity index (χ1v) is 13.9. The van der Waals surface area contributed by atoms with E-state index in [9.17, 15) is 9.59 Å². The molecule has 2 saturated heterocycles. The van der Waals surface area contributed by atoms with Gasteiger partial charge in [0.15, 0.2) is 0 Å². The van der Waals surface area contributed by atoms with E-state index in [-0.39, 0.29) is 12.2 Å². The van der Waals surface area contributed by atoms with Crippen LogP contribution in [-0.2, 0) is 44.7 Å². The Balaban J connectivity index is 0.888. The Bertz CT molecular complexity index is 1090. The molecule has 38 heavy (non-hydrogen) atoms. The number of nitrogens with zero attached hydrogens (tertiary/aromatic N) is 2. The second-order valence-corrected chi connectivity index (χ2v) is 10.8. The van der Waals surface area contributed by atoms with Crippen molar-refractivity contribution in [2.45, 2.75) is 50.7 Å². The largest absolute Gasteiger partial charge is 0.493 e. The molecule has 0 spiro atoms. The van der Waals surface area contributed by atoms with E-state index in [0.29, 0.717) is 13.1 Å². The van der Waals surface area contributed by atoms with Crippen LogP contribution in [0.2, 0.25) is 0 Å². The molecule has 0 aromatic heterocycles. The van der Waals surface area contributed by atoms with Crippen LogP contribution in [0, 0.1) is 0 Å². The van der Waals surface area contributed by atoms with Crippen LogP contribution in [0.1, 0.15) is 35.1 Å². The zero-order valence-corrected chi connectivity index (χ0v) is 21.9. The van der Waals surface area contributed by atoms with Crippen LogP contribution in [0.4, 0.5) is 0 Å². The minimum atomic E-state index is -0.866. The highest BCUT2D eigenvalue weighted by atomic mass is 16.6. The summed E-state index contributed by atoms with van der Waals surface area (Å²) < 4.78 is 22.2. The van der Waals surface area contributed by atoms with Gasteiger partial charge < -0.3 is 18.9 Å². The predicted molar refractivity (Wildman–Crippen MR) is 141 cm³/mol. The van der Waals surface area contributed by atoms with Crippen molar-refractivity contribution in [3.8, 4) is 11.5 Å². The van der Waals surface area contributed by atoms with Crippen LogP contribution in [-0.4, -0.2) is 86.4 Å². The predicted octanol–water partition coefficient (Wildman–Crippen LogP) is 2.58. The molecular weight excluding hydrogens is 484 g/mol. The summed E-state index contributed by atoms with van der Waals surface area (Å²) in [5.41, 5.74) is 5.17. The minimum Gasteiger partial charge on any atom is -0.493 e. The van der Waals surface area contributed by atoms with Gasteiger partial charge in [0.1, 0.15) is 23.7 Å². The van der Waals surface area contributed by atoms with Crippen LogP contribution < -0.4 is 9.47 Å². The number of hydrogen-bond acceptors (Lipinski definition) is 8. The highest BCUT2D eigenvalue weighted by Crippen LogP contribution is 2.27. The molecule has 2 fully saturated rings. The summed E-state index contributed by atoms with van der Waals surface area (Å²) in [4.78, 5) is 29.4. The molecule has 8 nitrogen and oxygen atoms in total. The Labute approximate surface area is 223 Å². The molecule has 8 heteroatoms. The molecule has 4 aliphatic rings. The summed E-state index contributed by atoms with van der Waals surface area (Å²) in [6.07, 6.45) is 4.79. The smallest absolute Gasteiger partial charge is 0.417 e. The second-order valence-electron chi connectivity index (χ2n) is 10.8. The summed E-state index contributed by atoms with van der Waals surface area (Å²) in [6, 6.07) is 12.8. The standard InChI is InChI=1S/C30H36N2O6/c33-29(37-25-7-13-31(19-25)11-5-21-1-3-27-23(17-21)9-15-35-27)30(34)38-26-8-14-32(20-26)12-6-22-2-4-28-24(18-22)10-16-36-28/h1-4,17-18,25-26H,5-16,19-20H2. The molecule has 202 valence electrons. The number of hydrogen-bond donors (Lipinski definition) is 0. The number of fused-ring (bicyclic) bond motifs is 2. The van der Waals surface area contributed by atoms with Crippen LogP contribution in [0.25, 0.3) is 0 Å². The van der Waals surface area contributed by atoms with Gasteiger partial charge in [-0.1, -0.05) is 24.3 Å². The molecule has 0 aliphatic carbocycles. The average molecular weight is 521 g/mol. The van der Waals surface area contributed by atoms with Gasteiger partial charge in [-0.05, 0) is 60.1 Å². The number of likely N-dealkylation sites (tertiary alicyclic amines) is 2. The molecule has 0 N–H and O–H groups in total. The number of carbonyl (C=O) groups excluding carboxylic acids is 2. The Morgan fingerprint density at radius 3 is 1.68 bits per heavy atom. The summed E-state index contributed by atoms with van der Waals surface area (Å²) >= 11 is 0. The lowest BCUT2D eigenvalue weighted by Crippen LogP contribution is -2.32. The molecule has 2 aromatic carbocycles. The van der Waals surface area contributed by atoms with E-state index in [4.69, 9.17) is 18.9 Å². The molecule has 0 saturated carbocycles. The van der Waals surface area contributed by atoms with E-state index in [1.165, 1.54) is 22.3 Å². The third-order valence-electron chi connectivity index (χ3n) is 8.11. The molecule has 2 atom stereocenters. The molecular formula is C30H36N2O6. The zero-order valence-electron chi connectivity index (χ0n) is 21.9. The summed E-state index contributed by atoms with van der Waals surface area (Å²) in [6.45, 7) is 6.35. The average Bonchev–Trinajstić information content (AvgIpc) is 3.73. The monoisotopic (exact) mass is 520 g/mol. The number of ether oxygens (including phenoxy) is 4. The SMILES string of the molecule is O=C(OC1CCN(CCc2ccc3c(c2)CCO3)C1)C(=O)OC1CCN(CCc2ccc3c(c2)CCO3)C1. The first-order valence-electron chi connectivity index (χ1n) is 13.9. The number of esters is 2. The number of rotatable bonds is 8. The molecule has 2 unspecified atom stereocenters. The maximum atomic E-state index is 12.4. The lowest BCUT2D eigenvalue weighted by atomic mass is 10.1. The van der Waals surface area contributed by atoms with E-state index >= 15 is 0 Å². The van der Waals surface area contributed by atoms with Gasteiger partial charge >= 0.3 is 11.9 Å². The second kappa shape index (κ2) is 11.3. The minimum absolute atomic E-state index is 0.263. The molecule has 4 heterocycles. The molecule has 2 aromatic rings. The quantitative estimate of drug-likeness (QED) is 0.388. The number of benzene rings is 2. The Morgan fingerprint density at radius 1 is 0.737 bits per heavy atom. The van der Waals surface area contributed by atoms with Crippen molar-refractivity contribution in [2.75, 3.05) is 52.5 Å². The van der Waals surface area contributed by atoms with E-state index in [0.717, 1.165) is 89.4 Å². The number of carbonyl (C=O) groups is 2. The fraction of sp³-hybridized carbons (Fsp3) is 0.533. The van der Waals surface area contributed by atoms with Gasteiger partial charge in [-0.2, -0.15) is 0 Å². The van der Waals surface area contributed by atoms with Crippen molar-refractivity contribution in [1.82, 2.24) is 9.80 Å². The third-order valence-corrected chi connectivity index (χ3v) is 8.11. The van der Waals surface area contributed by atoms with Gasteiger partial charge in [0.25, 0.3) is 0 Å². The Kier molecular flexibility index (Phi) is 7.51. The van der Waals surface area contributed by atoms with Crippen LogP contribution in [0.15, 0.2) is 36.4 Å². The molecule has 0 bridgehead atoms. The lowest BCUT2D eigenvalue weighted by Gasteiger charge is -2.17. The third kappa shape index (κ3) is 5.97. The van der Waals surface area contributed by atoms with E-state index in [1.54, 1.807) is 0 Å². The van der Waals surface area contributed by atoms with E-state index < -0.39 is 11.9 Å². The van der Waals surface area contributed by atoms with Crippen LogP contribution in [0.3, 0.4) is 0 Å². The van der Waals surface area contributed by atoms with Crippen molar-refractivity contribution in [3.05, 3.63) is 58.7 Å². The summed E-state index contributed by atoms with van der Waals surface area (Å²) in [5, 5.41) is 0. The summed E-state index contributed by atoms with van der Waals surface area (Å²) in [5.74, 6) is 0.276. The highest BCUT2D eigenvalue weighted by Gasteiger charge is 2.32. The van der Waals surface area contributed by atoms with Gasteiger partial charge in [-0.25, -0.2) is 9.59 Å². The van der Waals surface area contributed by atoms with Crippen molar-refractivity contribution in [3.63, 3.8) is 0 Å². The first-order chi connectivity index (χ1) is 18.6. The van der Waals surface area contributed by atoms with Gasteiger partial charge in [0, 0.05) is 52.1 Å². The lowest BCUT2D eigenvalue weighted by molar-refractivity contribution is -0.173. The fourth-order valence-electron chi connectivity index (χ4n) is 5.96. The van der Waals surface area contributed by atoms with Crippen molar-refractivity contribution >= 4 is 11.9 Å². The first kappa shape index (κ1) is 25.2. The van der Waals surface area contributed by atoms with E-state index in [2.05, 4.69) is 46.2 Å². The van der Waals surface area contributed by atoms with Gasteiger partial charge in [0.05, 0.1) is 13.2 Å². The van der Waals surface area contributed by atoms with Crippen LogP contribution >= 0.6 is 0 Å². The van der Waals surface area contributed by atoms with Crippen molar-refractivity contribution in [2.24, 2.45) is 0 Å². The normalized spacial score (nSPS) is 22.5. The fourth-order valence-corrected chi connectivity index (χ4v) is 5.96. The zero-order chi connectivity index (χ0) is 25.9. The maximum Gasteiger partial charge on any atom is 0.417 e. The van der Waals surface area contributed by atoms with Crippen molar-refractivity contribution in [1.29, 1.82) is 0 Å². The highest BCUT2D eigenvalue weighted by molar-refractivity contribution is 6.29. The maximum absolute atomic E-state index is 12.4. The van der Waals surface area contributed by atoms with Gasteiger partial charge in [-0.15, -0.1) is 0 Å². The Hall–Kier alpha value is -3.10. The van der Waals surface area contributed by atoms with Crippen molar-refractivity contribution < 1.29 is 28.5 Å². The van der Waals surface area contributed by atoms with E-state index in [1.807, 2.05) is 0 Å². The van der Waals surface area contributed by atoms with Crippen LogP contribution in [0.5, 0.6) is 11.5 Å². The molecule has 6 rings (SSSR count). The summed E-state index contributed by atoms with van der Waals surface area (Å²) in [7, 11) is 0. The van der Waals surface area contributed by atoms with Gasteiger partial charge in [0.2, 0.25) is 0 Å². The molecule has 0 radical (unpaired) electrons. The Morgan fingerprint density at radius 2 is 1.21 bits per heavy atom. The van der Waals surface area contributed by atoms with Gasteiger partial charge in [-0.3, -0.25) is 9.80 Å². The molecule has 4 aliphatic heterocycles.